The fourth-order valence-corrected chi connectivity index (χ4v) is 2.90. The summed E-state index contributed by atoms with van der Waals surface area (Å²) in [4.78, 5) is 23.2. The van der Waals surface area contributed by atoms with Gasteiger partial charge in [0.15, 0.2) is 0 Å². The molecule has 3 rings (SSSR count). The topological polar surface area (TPSA) is 43.4 Å². The average molecular weight is 315 g/mol. The molecule has 0 heterocycles. The molecule has 1 aliphatic carbocycles. The van der Waals surface area contributed by atoms with Crippen molar-refractivity contribution in [3.05, 3.63) is 59.1 Å². The second-order valence-electron chi connectivity index (χ2n) is 5.49. The summed E-state index contributed by atoms with van der Waals surface area (Å²) in [6, 6.07) is 14.7. The first-order valence-electron chi connectivity index (χ1n) is 7.17. The van der Waals surface area contributed by atoms with E-state index in [9.17, 15) is 9.59 Å². The quantitative estimate of drug-likeness (QED) is 0.781. The van der Waals surface area contributed by atoms with Crippen molar-refractivity contribution in [2.24, 2.45) is 0 Å². The van der Waals surface area contributed by atoms with Crippen LogP contribution >= 0.6 is 11.6 Å². The number of carbonyl (C=O) groups excluding carboxylic acids is 2. The van der Waals surface area contributed by atoms with Gasteiger partial charge in [-0.25, -0.2) is 0 Å². The maximum absolute atomic E-state index is 11.6. The fourth-order valence-electron chi connectivity index (χ4n) is 2.72. The van der Waals surface area contributed by atoms with E-state index in [1.54, 1.807) is 12.1 Å². The molecule has 112 valence electrons. The lowest BCUT2D eigenvalue weighted by Gasteiger charge is -2.20. The first kappa shape index (κ1) is 14.8. The maximum Gasteiger partial charge on any atom is 0.140 e. The van der Waals surface area contributed by atoms with Crippen LogP contribution < -0.4 is 4.74 Å². The molecule has 0 atom stereocenters. The van der Waals surface area contributed by atoms with Crippen molar-refractivity contribution in [2.45, 2.75) is 25.2 Å². The van der Waals surface area contributed by atoms with E-state index < -0.39 is 0 Å². The van der Waals surface area contributed by atoms with Crippen molar-refractivity contribution in [1.82, 2.24) is 0 Å². The summed E-state index contributed by atoms with van der Waals surface area (Å²) in [6.07, 6.45) is 0.925. The molecular weight excluding hydrogens is 300 g/mol. The van der Waals surface area contributed by atoms with Crippen molar-refractivity contribution in [2.75, 3.05) is 0 Å². The molecule has 0 aromatic heterocycles. The molecule has 1 aliphatic rings. The molecule has 22 heavy (non-hydrogen) atoms. The molecular formula is C18H15ClO3. The summed E-state index contributed by atoms with van der Waals surface area (Å²) in [5.41, 5.74) is 0.959. The Morgan fingerprint density at radius 1 is 0.909 bits per heavy atom. The Bertz CT molecular complexity index is 708. The molecule has 3 nitrogen and oxygen atoms in total. The van der Waals surface area contributed by atoms with E-state index in [1.807, 2.05) is 36.4 Å². The van der Waals surface area contributed by atoms with Gasteiger partial charge in [-0.15, -0.1) is 0 Å². The van der Waals surface area contributed by atoms with Crippen LogP contribution in [0.1, 0.15) is 30.7 Å². The largest absolute Gasteiger partial charge is 0.457 e. The highest BCUT2D eigenvalue weighted by molar-refractivity contribution is 6.30. The Morgan fingerprint density at radius 3 is 2.23 bits per heavy atom. The fraction of sp³-hybridized carbons (Fsp3) is 0.222. The third-order valence-electron chi connectivity index (χ3n) is 3.70. The maximum atomic E-state index is 11.6. The number of carbonyl (C=O) groups is 2. The zero-order valence-corrected chi connectivity index (χ0v) is 12.7. The first-order chi connectivity index (χ1) is 10.6. The van der Waals surface area contributed by atoms with E-state index in [4.69, 9.17) is 16.3 Å². The van der Waals surface area contributed by atoms with Crippen LogP contribution in [0.2, 0.25) is 5.02 Å². The van der Waals surface area contributed by atoms with Gasteiger partial charge in [-0.2, -0.15) is 0 Å². The summed E-state index contributed by atoms with van der Waals surface area (Å²) >= 11 is 5.94. The second kappa shape index (κ2) is 6.32. The Hall–Kier alpha value is -2.13. The third kappa shape index (κ3) is 3.55. The highest BCUT2D eigenvalue weighted by atomic mass is 35.5. The van der Waals surface area contributed by atoms with Crippen LogP contribution in [0.3, 0.4) is 0 Å². The predicted octanol–water partition coefficient (Wildman–Crippen LogP) is 4.54. The molecule has 2 aromatic rings. The molecule has 1 saturated carbocycles. The van der Waals surface area contributed by atoms with Crippen molar-refractivity contribution in [3.63, 3.8) is 0 Å². The van der Waals surface area contributed by atoms with E-state index in [0.29, 0.717) is 29.4 Å². The number of hydrogen-bond acceptors (Lipinski definition) is 3. The second-order valence-corrected chi connectivity index (χ2v) is 5.93. The normalized spacial score (nSPS) is 15.9. The van der Waals surface area contributed by atoms with Crippen LogP contribution in [0.15, 0.2) is 48.5 Å². The number of halogens is 1. The molecule has 0 radical (unpaired) electrons. The van der Waals surface area contributed by atoms with Crippen LogP contribution in [0.4, 0.5) is 0 Å². The van der Waals surface area contributed by atoms with Gasteiger partial charge in [0, 0.05) is 17.9 Å². The van der Waals surface area contributed by atoms with Crippen LogP contribution in [-0.2, 0) is 9.59 Å². The average Bonchev–Trinajstić information content (AvgIpc) is 2.46. The van der Waals surface area contributed by atoms with E-state index in [0.717, 1.165) is 5.56 Å². The molecule has 1 fully saturated rings. The molecule has 0 N–H and O–H groups in total. The Morgan fingerprint density at radius 2 is 1.55 bits per heavy atom. The number of benzene rings is 2. The lowest BCUT2D eigenvalue weighted by atomic mass is 9.82. The third-order valence-corrected chi connectivity index (χ3v) is 3.94. The standard InChI is InChI=1S/C18H15ClO3/c19-14-4-2-6-18(10-14)22-17-5-1-3-12(9-17)13-7-15(20)11-16(21)8-13/h1-6,9-10,13H,7-8,11H2. The molecule has 0 bridgehead atoms. The van der Waals surface area contributed by atoms with E-state index in [-0.39, 0.29) is 23.9 Å². The lowest BCUT2D eigenvalue weighted by molar-refractivity contribution is -0.130. The number of Topliss-reactive ketones (excluding diaryl/α,β-unsaturated/α-hetero) is 2. The van der Waals surface area contributed by atoms with Crippen molar-refractivity contribution >= 4 is 23.2 Å². The van der Waals surface area contributed by atoms with Gasteiger partial charge in [0.1, 0.15) is 23.1 Å². The molecule has 0 amide bonds. The van der Waals surface area contributed by atoms with Gasteiger partial charge >= 0.3 is 0 Å². The first-order valence-corrected chi connectivity index (χ1v) is 7.55. The monoisotopic (exact) mass is 314 g/mol. The Labute approximate surface area is 133 Å². The smallest absolute Gasteiger partial charge is 0.140 e. The van der Waals surface area contributed by atoms with E-state index in [2.05, 4.69) is 0 Å². The molecule has 0 unspecified atom stereocenters. The SMILES string of the molecule is O=C1CC(=O)CC(c2cccc(Oc3cccc(Cl)c3)c2)C1. The molecule has 4 heteroatoms. The minimum Gasteiger partial charge on any atom is -0.457 e. The summed E-state index contributed by atoms with van der Waals surface area (Å²) in [6.45, 7) is 0. The van der Waals surface area contributed by atoms with Crippen molar-refractivity contribution in [3.8, 4) is 11.5 Å². The number of rotatable bonds is 3. The number of hydrogen-bond donors (Lipinski definition) is 0. The van der Waals surface area contributed by atoms with Crippen LogP contribution in [0.5, 0.6) is 11.5 Å². The summed E-state index contributed by atoms with van der Waals surface area (Å²) in [5.74, 6) is 1.31. The van der Waals surface area contributed by atoms with Crippen molar-refractivity contribution < 1.29 is 14.3 Å². The van der Waals surface area contributed by atoms with E-state index >= 15 is 0 Å². The minimum atomic E-state index is -0.0448. The highest BCUT2D eigenvalue weighted by Gasteiger charge is 2.26. The molecule has 2 aromatic carbocycles. The highest BCUT2D eigenvalue weighted by Crippen LogP contribution is 2.32. The van der Waals surface area contributed by atoms with Gasteiger partial charge in [-0.1, -0.05) is 29.8 Å². The van der Waals surface area contributed by atoms with Gasteiger partial charge < -0.3 is 4.74 Å². The molecule has 0 spiro atoms. The molecule has 0 saturated heterocycles. The van der Waals surface area contributed by atoms with Crippen LogP contribution in [0, 0.1) is 0 Å². The number of ketones is 2. The van der Waals surface area contributed by atoms with Gasteiger partial charge in [0.05, 0.1) is 6.42 Å². The Kier molecular flexibility index (Phi) is 4.25. The summed E-state index contributed by atoms with van der Waals surface area (Å²) < 4.78 is 5.79. The lowest BCUT2D eigenvalue weighted by Crippen LogP contribution is -2.21. The minimum absolute atomic E-state index is 0.0161. The zero-order valence-electron chi connectivity index (χ0n) is 11.9. The van der Waals surface area contributed by atoms with Crippen molar-refractivity contribution in [1.29, 1.82) is 0 Å². The van der Waals surface area contributed by atoms with Gasteiger partial charge in [0.2, 0.25) is 0 Å². The summed E-state index contributed by atoms with van der Waals surface area (Å²) in [7, 11) is 0. The van der Waals surface area contributed by atoms with Crippen LogP contribution in [0.25, 0.3) is 0 Å². The van der Waals surface area contributed by atoms with Gasteiger partial charge in [0.25, 0.3) is 0 Å². The Balaban J connectivity index is 1.80. The predicted molar refractivity (Wildman–Crippen MR) is 84.6 cm³/mol. The van der Waals surface area contributed by atoms with E-state index in [1.165, 1.54) is 0 Å². The zero-order chi connectivity index (χ0) is 15.5. The molecule has 0 aliphatic heterocycles. The van der Waals surface area contributed by atoms with Crippen LogP contribution in [-0.4, -0.2) is 11.6 Å². The van der Waals surface area contributed by atoms with Gasteiger partial charge in [-0.3, -0.25) is 9.59 Å². The van der Waals surface area contributed by atoms with Gasteiger partial charge in [-0.05, 0) is 41.8 Å². The number of ether oxygens (including phenoxy) is 1. The summed E-state index contributed by atoms with van der Waals surface area (Å²) in [5, 5.41) is 0.608.